The number of esters is 1. The maximum atomic E-state index is 14.3. The van der Waals surface area contributed by atoms with Gasteiger partial charge in [-0.05, 0) is 66.1 Å². The SMILES string of the molecule is COC(=O)CCN(C(=O)[C@@H]1CCCN1C(=O)[C@@H](NC(=O)c1cc2cc(C(F)(F)P(=O)(O)O)ccc2s1)C(C)(C)C)c1ccc(Br)cc1. The second-order valence-corrected chi connectivity index (χ2v) is 15.9. The lowest BCUT2D eigenvalue weighted by Crippen LogP contribution is -2.58. The van der Waals surface area contributed by atoms with E-state index in [2.05, 4.69) is 21.2 Å². The van der Waals surface area contributed by atoms with Crippen LogP contribution in [0, 0.1) is 5.41 Å². The molecule has 16 heteroatoms. The number of amides is 3. The molecule has 2 heterocycles. The number of nitrogens with zero attached hydrogens (tertiary/aromatic N) is 2. The number of alkyl halides is 2. The average Bonchev–Trinajstić information content (AvgIpc) is 3.66. The zero-order valence-electron chi connectivity index (χ0n) is 26.0. The summed E-state index contributed by atoms with van der Waals surface area (Å²) in [6.45, 7) is 5.57. The molecule has 3 aromatic rings. The number of carbonyl (C=O) groups excluding carboxylic acids is 4. The van der Waals surface area contributed by atoms with E-state index in [0.29, 0.717) is 23.2 Å². The predicted octanol–water partition coefficient (Wildman–Crippen LogP) is 5.62. The zero-order valence-corrected chi connectivity index (χ0v) is 29.3. The molecule has 47 heavy (non-hydrogen) atoms. The van der Waals surface area contributed by atoms with E-state index in [1.54, 1.807) is 45.0 Å². The summed E-state index contributed by atoms with van der Waals surface area (Å²) in [6, 6.07) is 9.41. The average molecular weight is 759 g/mol. The molecule has 0 saturated carbocycles. The molecule has 3 amide bonds. The minimum absolute atomic E-state index is 0.0266. The highest BCUT2D eigenvalue weighted by Gasteiger charge is 2.50. The number of hydrogen-bond donors (Lipinski definition) is 3. The monoisotopic (exact) mass is 757 g/mol. The number of anilines is 1. The summed E-state index contributed by atoms with van der Waals surface area (Å²) >= 11 is 4.34. The van der Waals surface area contributed by atoms with Crippen molar-refractivity contribution in [3.05, 3.63) is 63.4 Å². The number of fused-ring (bicyclic) bond motifs is 1. The first-order valence-corrected chi connectivity index (χ1v) is 17.8. The Bertz CT molecular complexity index is 1720. The van der Waals surface area contributed by atoms with Gasteiger partial charge < -0.3 is 29.6 Å². The van der Waals surface area contributed by atoms with E-state index in [9.17, 15) is 32.5 Å². The van der Waals surface area contributed by atoms with Crippen molar-refractivity contribution in [2.75, 3.05) is 25.1 Å². The summed E-state index contributed by atoms with van der Waals surface area (Å²) in [5.74, 6) is -2.01. The van der Waals surface area contributed by atoms with E-state index in [4.69, 9.17) is 14.5 Å². The number of ether oxygens (including phenoxy) is 1. The fourth-order valence-electron chi connectivity index (χ4n) is 5.29. The van der Waals surface area contributed by atoms with Gasteiger partial charge in [0.1, 0.15) is 12.1 Å². The van der Waals surface area contributed by atoms with Crippen molar-refractivity contribution in [2.24, 2.45) is 5.41 Å². The van der Waals surface area contributed by atoms with E-state index in [1.807, 2.05) is 0 Å². The van der Waals surface area contributed by atoms with Crippen LogP contribution in [0.2, 0.25) is 0 Å². The third kappa shape index (κ3) is 8.09. The first-order chi connectivity index (χ1) is 21.8. The number of rotatable bonds is 10. The minimum atomic E-state index is -5.79. The maximum absolute atomic E-state index is 14.3. The number of nitrogens with one attached hydrogen (secondary N) is 1. The van der Waals surface area contributed by atoms with Crippen LogP contribution in [0.4, 0.5) is 14.5 Å². The summed E-state index contributed by atoms with van der Waals surface area (Å²) in [5, 5.41) is 2.95. The number of benzene rings is 2. The Labute approximate surface area is 282 Å². The molecule has 0 radical (unpaired) electrons. The van der Waals surface area contributed by atoms with E-state index in [0.717, 1.165) is 27.9 Å². The fraction of sp³-hybridized carbons (Fsp3) is 0.419. The Kier molecular flexibility index (Phi) is 11.0. The summed E-state index contributed by atoms with van der Waals surface area (Å²) < 4.78 is 46.0. The highest BCUT2D eigenvalue weighted by Crippen LogP contribution is 2.59. The lowest BCUT2D eigenvalue weighted by molar-refractivity contribution is -0.142. The third-order valence-electron chi connectivity index (χ3n) is 7.83. The Morgan fingerprint density at radius 1 is 1.13 bits per heavy atom. The summed E-state index contributed by atoms with van der Waals surface area (Å²) in [7, 11) is -4.53. The zero-order chi connectivity index (χ0) is 34.9. The Morgan fingerprint density at radius 3 is 2.38 bits per heavy atom. The van der Waals surface area contributed by atoms with Crippen molar-refractivity contribution < 1.29 is 47.0 Å². The molecule has 1 aliphatic rings. The first kappa shape index (κ1) is 36.6. The molecule has 0 bridgehead atoms. The standard InChI is InChI=1S/C31H35BrF2N3O8PS/c1-30(2,3)26(35-27(39)24-17-18-16-19(7-12-23(18)47-24)31(33,34)46(42,43)44)29(41)37-14-5-6-22(37)28(40)36(15-13-25(38)45-4)21-10-8-20(32)9-11-21/h7-12,16-17,22,26H,5-6,13-15H2,1-4H3,(H,35,39)(H2,42,43,44)/t22-,26+/m0/s1. The first-order valence-electron chi connectivity index (χ1n) is 14.6. The molecule has 0 aliphatic carbocycles. The quantitative estimate of drug-likeness (QED) is 0.178. The van der Waals surface area contributed by atoms with Gasteiger partial charge >= 0.3 is 19.2 Å². The number of likely N-dealkylation sites (tertiary alicyclic amines) is 1. The molecular weight excluding hydrogens is 723 g/mol. The Hall–Kier alpha value is -3.23. The van der Waals surface area contributed by atoms with Crippen molar-refractivity contribution >= 4 is 74.3 Å². The molecular formula is C31H35BrF2N3O8PS. The molecule has 254 valence electrons. The lowest BCUT2D eigenvalue weighted by Gasteiger charge is -2.36. The minimum Gasteiger partial charge on any atom is -0.469 e. The highest BCUT2D eigenvalue weighted by atomic mass is 79.9. The van der Waals surface area contributed by atoms with Crippen LogP contribution in [0.5, 0.6) is 0 Å². The van der Waals surface area contributed by atoms with Gasteiger partial charge in [-0.25, -0.2) is 0 Å². The second kappa shape index (κ2) is 14.1. The van der Waals surface area contributed by atoms with Crippen molar-refractivity contribution in [2.45, 2.75) is 57.8 Å². The van der Waals surface area contributed by atoms with Crippen molar-refractivity contribution in [3.63, 3.8) is 0 Å². The fourth-order valence-corrected chi connectivity index (χ4v) is 6.97. The van der Waals surface area contributed by atoms with Crippen LogP contribution < -0.4 is 10.2 Å². The summed E-state index contributed by atoms with van der Waals surface area (Å²) in [6.07, 6.45) is 0.849. The lowest BCUT2D eigenvalue weighted by atomic mass is 9.85. The van der Waals surface area contributed by atoms with Gasteiger partial charge in [0, 0.05) is 33.5 Å². The van der Waals surface area contributed by atoms with Crippen LogP contribution in [-0.2, 0) is 29.3 Å². The van der Waals surface area contributed by atoms with Crippen LogP contribution >= 0.6 is 34.9 Å². The molecule has 1 aliphatic heterocycles. The third-order valence-corrected chi connectivity index (χ3v) is 10.5. The van der Waals surface area contributed by atoms with E-state index in [-0.39, 0.29) is 35.7 Å². The molecule has 2 aromatic carbocycles. The van der Waals surface area contributed by atoms with Gasteiger partial charge in [-0.2, -0.15) is 8.78 Å². The van der Waals surface area contributed by atoms with Crippen molar-refractivity contribution in [1.82, 2.24) is 10.2 Å². The predicted molar refractivity (Wildman–Crippen MR) is 176 cm³/mol. The normalized spacial score (nSPS) is 16.2. The molecule has 2 atom stereocenters. The van der Waals surface area contributed by atoms with Gasteiger partial charge in [0.2, 0.25) is 11.8 Å². The molecule has 0 spiro atoms. The molecule has 3 N–H and O–H groups in total. The van der Waals surface area contributed by atoms with E-state index < -0.39 is 54.1 Å². The smallest absolute Gasteiger partial charge is 0.399 e. The topological polar surface area (TPSA) is 154 Å². The van der Waals surface area contributed by atoms with E-state index in [1.165, 1.54) is 29.0 Å². The van der Waals surface area contributed by atoms with Crippen molar-refractivity contribution in [3.8, 4) is 0 Å². The van der Waals surface area contributed by atoms with Crippen molar-refractivity contribution in [1.29, 1.82) is 0 Å². The second-order valence-electron chi connectivity index (χ2n) is 12.2. The number of methoxy groups -OCH3 is 1. The summed E-state index contributed by atoms with van der Waals surface area (Å²) in [5.41, 5.74) is -5.58. The highest BCUT2D eigenvalue weighted by molar-refractivity contribution is 9.10. The van der Waals surface area contributed by atoms with Gasteiger partial charge in [-0.1, -0.05) is 42.8 Å². The molecule has 1 aromatic heterocycles. The van der Waals surface area contributed by atoms with Gasteiger partial charge in [-0.15, -0.1) is 11.3 Å². The molecule has 11 nitrogen and oxygen atoms in total. The number of halogens is 3. The number of carbonyl (C=O) groups is 4. The van der Waals surface area contributed by atoms with Crippen LogP contribution in [0.1, 0.15) is 55.3 Å². The molecule has 1 fully saturated rings. The maximum Gasteiger partial charge on any atom is 0.399 e. The molecule has 1 saturated heterocycles. The van der Waals surface area contributed by atoms with Gasteiger partial charge in [-0.3, -0.25) is 23.7 Å². The van der Waals surface area contributed by atoms with Gasteiger partial charge in [0.05, 0.1) is 18.4 Å². The van der Waals surface area contributed by atoms with Crippen LogP contribution in [0.25, 0.3) is 10.1 Å². The van der Waals surface area contributed by atoms with Crippen LogP contribution in [0.3, 0.4) is 0 Å². The van der Waals surface area contributed by atoms with Crippen LogP contribution in [0.15, 0.2) is 53.0 Å². The van der Waals surface area contributed by atoms with E-state index >= 15 is 0 Å². The van der Waals surface area contributed by atoms with Gasteiger partial charge in [0.25, 0.3) is 5.91 Å². The summed E-state index contributed by atoms with van der Waals surface area (Å²) in [4.78, 5) is 74.8. The molecule has 4 rings (SSSR count). The number of hydrogen-bond acceptors (Lipinski definition) is 7. The Balaban J connectivity index is 1.58. The largest absolute Gasteiger partial charge is 0.469 e. The van der Waals surface area contributed by atoms with Gasteiger partial charge in [0.15, 0.2) is 0 Å². The van der Waals surface area contributed by atoms with Crippen LogP contribution in [-0.4, -0.2) is 70.7 Å². The Morgan fingerprint density at radius 2 is 1.79 bits per heavy atom. The number of thiophene rings is 1. The molecule has 0 unspecified atom stereocenters.